The van der Waals surface area contributed by atoms with Crippen LogP contribution in [0.5, 0.6) is 0 Å². The number of hydrogen-bond acceptors (Lipinski definition) is 2. The van der Waals surface area contributed by atoms with Gasteiger partial charge in [-0.25, -0.2) is 0 Å². The van der Waals surface area contributed by atoms with Crippen molar-refractivity contribution in [1.29, 1.82) is 0 Å². The highest BCUT2D eigenvalue weighted by atomic mass is 32.1. The van der Waals surface area contributed by atoms with E-state index in [1.54, 1.807) is 19.1 Å². The second-order valence-electron chi connectivity index (χ2n) is 5.82. The van der Waals surface area contributed by atoms with Crippen molar-refractivity contribution >= 4 is 28.8 Å². The molecule has 0 aromatic heterocycles. The minimum absolute atomic E-state index is 0.0468. The van der Waals surface area contributed by atoms with E-state index in [0.717, 1.165) is 5.69 Å². The minimum Gasteiger partial charge on any atom is -0.359 e. The Morgan fingerprint density at radius 2 is 1.95 bits per heavy atom. The summed E-state index contributed by atoms with van der Waals surface area (Å²) in [7, 11) is 0. The lowest BCUT2D eigenvalue weighted by molar-refractivity contribution is 0.101. The molecule has 1 aromatic carbocycles. The van der Waals surface area contributed by atoms with Crippen LogP contribution in [0.3, 0.4) is 0 Å². The third-order valence-electron chi connectivity index (χ3n) is 3.17. The second kappa shape index (κ2) is 6.15. The van der Waals surface area contributed by atoms with Gasteiger partial charge in [0.1, 0.15) is 0 Å². The van der Waals surface area contributed by atoms with Gasteiger partial charge in [0.15, 0.2) is 10.9 Å². The van der Waals surface area contributed by atoms with Gasteiger partial charge in [-0.15, -0.1) is 0 Å². The van der Waals surface area contributed by atoms with E-state index in [4.69, 9.17) is 12.2 Å². The molecule has 1 rings (SSSR count). The van der Waals surface area contributed by atoms with Crippen molar-refractivity contribution in [2.45, 2.75) is 40.7 Å². The molecule has 0 amide bonds. The van der Waals surface area contributed by atoms with Crippen LogP contribution in [0.25, 0.3) is 0 Å². The van der Waals surface area contributed by atoms with E-state index in [1.807, 2.05) is 12.1 Å². The third kappa shape index (κ3) is 4.99. The first-order valence-electron chi connectivity index (χ1n) is 6.38. The first-order chi connectivity index (χ1) is 8.70. The maximum Gasteiger partial charge on any atom is 0.171 e. The molecule has 2 N–H and O–H groups in total. The standard InChI is InChI=1S/C15H22N2OS/c1-10(18)12-7-6-8-13(9-12)17-14(19)16-11(2)15(3,4)5/h6-9,11H,1-5H3,(H2,16,17,19). The maximum atomic E-state index is 11.3. The van der Waals surface area contributed by atoms with Gasteiger partial charge in [-0.05, 0) is 43.6 Å². The van der Waals surface area contributed by atoms with Crippen molar-refractivity contribution in [3.8, 4) is 0 Å². The fourth-order valence-corrected chi connectivity index (χ4v) is 1.69. The molecular formula is C15H22N2OS. The first-order valence-corrected chi connectivity index (χ1v) is 6.79. The summed E-state index contributed by atoms with van der Waals surface area (Å²) in [4.78, 5) is 11.3. The molecule has 104 valence electrons. The fourth-order valence-electron chi connectivity index (χ4n) is 1.40. The number of hydrogen-bond donors (Lipinski definition) is 2. The van der Waals surface area contributed by atoms with Gasteiger partial charge in [-0.2, -0.15) is 0 Å². The number of nitrogens with one attached hydrogen (secondary N) is 2. The van der Waals surface area contributed by atoms with E-state index < -0.39 is 0 Å². The molecule has 0 saturated carbocycles. The molecule has 19 heavy (non-hydrogen) atoms. The summed E-state index contributed by atoms with van der Waals surface area (Å²) in [6, 6.07) is 7.58. The molecule has 1 aromatic rings. The van der Waals surface area contributed by atoms with Gasteiger partial charge in [-0.3, -0.25) is 4.79 Å². The van der Waals surface area contributed by atoms with E-state index in [-0.39, 0.29) is 17.2 Å². The van der Waals surface area contributed by atoms with Crippen molar-refractivity contribution in [3.05, 3.63) is 29.8 Å². The SMILES string of the molecule is CC(=O)c1cccc(NC(=S)NC(C)C(C)(C)C)c1. The molecule has 1 unspecified atom stereocenters. The summed E-state index contributed by atoms with van der Waals surface area (Å²) in [5.74, 6) is 0.0468. The Morgan fingerprint density at radius 3 is 2.47 bits per heavy atom. The summed E-state index contributed by atoms with van der Waals surface area (Å²) in [6.45, 7) is 10.1. The van der Waals surface area contributed by atoms with Gasteiger partial charge in [0.2, 0.25) is 0 Å². The molecule has 0 fully saturated rings. The molecule has 0 saturated heterocycles. The third-order valence-corrected chi connectivity index (χ3v) is 3.39. The van der Waals surface area contributed by atoms with Crippen LogP contribution < -0.4 is 10.6 Å². The smallest absolute Gasteiger partial charge is 0.171 e. The number of carbonyl (C=O) groups excluding carboxylic acids is 1. The van der Waals surface area contributed by atoms with Crippen molar-refractivity contribution in [1.82, 2.24) is 5.32 Å². The average Bonchev–Trinajstić information content (AvgIpc) is 2.27. The Labute approximate surface area is 120 Å². The van der Waals surface area contributed by atoms with Gasteiger partial charge < -0.3 is 10.6 Å². The number of Topliss-reactive ketones (excluding diaryl/α,β-unsaturated/α-hetero) is 1. The average molecular weight is 278 g/mol. The summed E-state index contributed by atoms with van der Waals surface area (Å²) < 4.78 is 0. The molecule has 0 spiro atoms. The first kappa shape index (κ1) is 15.6. The molecule has 0 heterocycles. The molecule has 0 aliphatic carbocycles. The molecule has 3 nitrogen and oxygen atoms in total. The van der Waals surface area contributed by atoms with Gasteiger partial charge >= 0.3 is 0 Å². The quantitative estimate of drug-likeness (QED) is 0.654. The Kier molecular flexibility index (Phi) is 5.06. The highest BCUT2D eigenvalue weighted by Gasteiger charge is 2.20. The second-order valence-corrected chi connectivity index (χ2v) is 6.23. The fraction of sp³-hybridized carbons (Fsp3) is 0.467. The summed E-state index contributed by atoms with van der Waals surface area (Å²) in [5, 5.41) is 6.93. The normalized spacial score (nSPS) is 12.7. The van der Waals surface area contributed by atoms with Crippen molar-refractivity contribution in [2.24, 2.45) is 5.41 Å². The number of rotatable bonds is 3. The van der Waals surface area contributed by atoms with E-state index in [9.17, 15) is 4.79 Å². The predicted molar refractivity (Wildman–Crippen MR) is 84.7 cm³/mol. The van der Waals surface area contributed by atoms with Crippen LogP contribution in [0.4, 0.5) is 5.69 Å². The Hall–Kier alpha value is -1.42. The maximum absolute atomic E-state index is 11.3. The predicted octanol–water partition coefficient (Wildman–Crippen LogP) is 3.61. The summed E-state index contributed by atoms with van der Waals surface area (Å²) in [5.41, 5.74) is 1.63. The van der Waals surface area contributed by atoms with E-state index >= 15 is 0 Å². The van der Waals surface area contributed by atoms with Crippen LogP contribution in [0.15, 0.2) is 24.3 Å². The molecule has 4 heteroatoms. The molecule has 0 aliphatic heterocycles. The van der Waals surface area contributed by atoms with Gasteiger partial charge in [0.25, 0.3) is 0 Å². The van der Waals surface area contributed by atoms with Gasteiger partial charge in [0.05, 0.1) is 0 Å². The lowest BCUT2D eigenvalue weighted by Crippen LogP contribution is -2.43. The minimum atomic E-state index is 0.0468. The highest BCUT2D eigenvalue weighted by Crippen LogP contribution is 2.18. The van der Waals surface area contributed by atoms with Gasteiger partial charge in [-0.1, -0.05) is 32.9 Å². The molecule has 0 bridgehead atoms. The number of thiocarbonyl (C=S) groups is 1. The number of carbonyl (C=O) groups is 1. The largest absolute Gasteiger partial charge is 0.359 e. The zero-order valence-corrected chi connectivity index (χ0v) is 13.0. The van der Waals surface area contributed by atoms with Crippen molar-refractivity contribution < 1.29 is 4.79 Å². The summed E-state index contributed by atoms with van der Waals surface area (Å²) >= 11 is 5.28. The Balaban J connectivity index is 2.67. The Bertz CT molecular complexity index is 477. The highest BCUT2D eigenvalue weighted by molar-refractivity contribution is 7.80. The Morgan fingerprint density at radius 1 is 1.32 bits per heavy atom. The lowest BCUT2D eigenvalue weighted by atomic mass is 9.88. The van der Waals surface area contributed by atoms with Gasteiger partial charge in [0, 0.05) is 17.3 Å². The lowest BCUT2D eigenvalue weighted by Gasteiger charge is -2.29. The summed E-state index contributed by atoms with van der Waals surface area (Å²) in [6.07, 6.45) is 0. The van der Waals surface area contributed by atoms with Crippen LogP contribution >= 0.6 is 12.2 Å². The zero-order valence-electron chi connectivity index (χ0n) is 12.2. The molecular weight excluding hydrogens is 256 g/mol. The zero-order chi connectivity index (χ0) is 14.6. The van der Waals surface area contributed by atoms with Crippen LogP contribution in [0, 0.1) is 5.41 Å². The van der Waals surface area contributed by atoms with Crippen LogP contribution in [0.2, 0.25) is 0 Å². The topological polar surface area (TPSA) is 41.1 Å². The van der Waals surface area contributed by atoms with E-state index in [1.165, 1.54) is 0 Å². The van der Waals surface area contributed by atoms with Crippen LogP contribution in [0.1, 0.15) is 45.0 Å². The van der Waals surface area contributed by atoms with E-state index in [2.05, 4.69) is 38.3 Å². The monoisotopic (exact) mass is 278 g/mol. The van der Waals surface area contributed by atoms with E-state index in [0.29, 0.717) is 10.7 Å². The van der Waals surface area contributed by atoms with Crippen molar-refractivity contribution in [3.63, 3.8) is 0 Å². The number of anilines is 1. The van der Waals surface area contributed by atoms with Crippen LogP contribution in [-0.2, 0) is 0 Å². The number of benzene rings is 1. The number of ketones is 1. The molecule has 0 aliphatic rings. The molecule has 0 radical (unpaired) electrons. The molecule has 1 atom stereocenters. The van der Waals surface area contributed by atoms with Crippen LogP contribution in [-0.4, -0.2) is 16.9 Å². The van der Waals surface area contributed by atoms with Crippen molar-refractivity contribution in [2.75, 3.05) is 5.32 Å².